The number of hydrogen-bond donors (Lipinski definition) is 2. The maximum Gasteiger partial charge on any atom is 0.573 e. The van der Waals surface area contributed by atoms with E-state index in [1.807, 2.05) is 0 Å². The van der Waals surface area contributed by atoms with Gasteiger partial charge in [-0.25, -0.2) is 0 Å². The maximum atomic E-state index is 12.4. The third-order valence-electron chi connectivity index (χ3n) is 4.06. The van der Waals surface area contributed by atoms with Gasteiger partial charge in [-0.2, -0.15) is 0 Å². The summed E-state index contributed by atoms with van der Waals surface area (Å²) in [5, 5.41) is 2.66. The lowest BCUT2D eigenvalue weighted by Gasteiger charge is -2.23. The summed E-state index contributed by atoms with van der Waals surface area (Å²) in [7, 11) is 2.06. The van der Waals surface area contributed by atoms with Gasteiger partial charge in [0, 0.05) is 12.6 Å². The summed E-state index contributed by atoms with van der Waals surface area (Å²) in [5.74, 6) is -0.278. The van der Waals surface area contributed by atoms with Gasteiger partial charge >= 0.3 is 6.36 Å². The number of likely N-dealkylation sites (N-methyl/N-ethyl adjacent to an activating group) is 1. The van der Waals surface area contributed by atoms with Crippen molar-refractivity contribution in [3.05, 3.63) is 24.3 Å². The van der Waals surface area contributed by atoms with Crippen molar-refractivity contribution in [3.8, 4) is 5.75 Å². The van der Waals surface area contributed by atoms with E-state index in [-0.39, 0.29) is 41.4 Å². The second-order valence-electron chi connectivity index (χ2n) is 5.85. The van der Waals surface area contributed by atoms with E-state index in [1.54, 1.807) is 6.07 Å². The molecule has 1 fully saturated rings. The van der Waals surface area contributed by atoms with Gasteiger partial charge in [-0.05, 0) is 32.0 Å². The first kappa shape index (κ1) is 21.8. The fourth-order valence-electron chi connectivity index (χ4n) is 2.82. The molecule has 3 N–H and O–H groups in total. The van der Waals surface area contributed by atoms with Gasteiger partial charge in [0.2, 0.25) is 0 Å². The number of hydrogen-bond acceptors (Lipinski definition) is 3. The molecule has 0 spiro atoms. The highest BCUT2D eigenvalue weighted by Crippen LogP contribution is 2.29. The van der Waals surface area contributed by atoms with Gasteiger partial charge in [-0.15, -0.1) is 37.1 Å². The Morgan fingerprint density at radius 2 is 1.96 bits per heavy atom. The first-order chi connectivity index (χ1) is 11.3. The number of benzene rings is 1. The fourth-order valence-corrected chi connectivity index (χ4v) is 2.82. The summed E-state index contributed by atoms with van der Waals surface area (Å²) in [4.78, 5) is 6.43. The van der Waals surface area contributed by atoms with Crippen LogP contribution in [0.4, 0.5) is 18.9 Å². The molecule has 2 rings (SSSR count). The minimum absolute atomic E-state index is 0. The zero-order valence-electron chi connectivity index (χ0n) is 14.1. The van der Waals surface area contributed by atoms with Crippen molar-refractivity contribution >= 4 is 35.6 Å². The standard InChI is InChI=1S/C16H23F3N4O.HI/c1-23(12-6-2-3-7-12)11-10-21-15(20)22-13-8-4-5-9-14(13)24-16(17,18)19;/h4-5,8-9,12H,2-3,6-7,10-11H2,1H3,(H3,20,21,22);1H. The van der Waals surface area contributed by atoms with Crippen LogP contribution in [0, 0.1) is 0 Å². The fraction of sp³-hybridized carbons (Fsp3) is 0.562. The molecule has 0 aliphatic heterocycles. The Morgan fingerprint density at radius 3 is 2.60 bits per heavy atom. The number of rotatable bonds is 6. The van der Waals surface area contributed by atoms with Gasteiger partial charge in [-0.3, -0.25) is 4.99 Å². The zero-order valence-corrected chi connectivity index (χ0v) is 16.4. The molecule has 1 saturated carbocycles. The van der Waals surface area contributed by atoms with Crippen LogP contribution in [0.2, 0.25) is 0 Å². The number of aliphatic imine (C=N–C) groups is 1. The molecule has 142 valence electrons. The lowest BCUT2D eigenvalue weighted by Crippen LogP contribution is -2.32. The highest BCUT2D eigenvalue weighted by molar-refractivity contribution is 14.0. The molecule has 1 aromatic rings. The van der Waals surface area contributed by atoms with Gasteiger partial charge < -0.3 is 20.7 Å². The van der Waals surface area contributed by atoms with Gasteiger partial charge in [0.15, 0.2) is 11.7 Å². The van der Waals surface area contributed by atoms with Crippen LogP contribution >= 0.6 is 24.0 Å². The van der Waals surface area contributed by atoms with Crippen LogP contribution < -0.4 is 15.8 Å². The number of halogens is 4. The molecule has 1 aliphatic carbocycles. The Labute approximate surface area is 162 Å². The third kappa shape index (κ3) is 7.68. The van der Waals surface area contributed by atoms with Crippen LogP contribution in [0.1, 0.15) is 25.7 Å². The van der Waals surface area contributed by atoms with E-state index in [9.17, 15) is 13.2 Å². The molecule has 0 aromatic heterocycles. The van der Waals surface area contributed by atoms with Crippen molar-refractivity contribution in [1.29, 1.82) is 0 Å². The molecule has 0 atom stereocenters. The van der Waals surface area contributed by atoms with Gasteiger partial charge in [0.25, 0.3) is 0 Å². The van der Waals surface area contributed by atoms with E-state index in [0.29, 0.717) is 12.6 Å². The quantitative estimate of drug-likeness (QED) is 0.376. The molecular formula is C16H24F3IN4O. The number of nitrogens with zero attached hydrogens (tertiary/aromatic N) is 2. The number of anilines is 1. The minimum Gasteiger partial charge on any atom is -0.404 e. The van der Waals surface area contributed by atoms with Gasteiger partial charge in [-0.1, -0.05) is 25.0 Å². The minimum atomic E-state index is -4.76. The largest absolute Gasteiger partial charge is 0.573 e. The van der Waals surface area contributed by atoms with E-state index < -0.39 is 6.36 Å². The summed E-state index contributed by atoms with van der Waals surface area (Å²) < 4.78 is 41.1. The molecule has 0 saturated heterocycles. The van der Waals surface area contributed by atoms with E-state index in [4.69, 9.17) is 5.73 Å². The van der Waals surface area contributed by atoms with Crippen LogP contribution in [0.3, 0.4) is 0 Å². The first-order valence-electron chi connectivity index (χ1n) is 7.97. The molecule has 25 heavy (non-hydrogen) atoms. The topological polar surface area (TPSA) is 62.9 Å². The Balaban J connectivity index is 0.00000312. The van der Waals surface area contributed by atoms with Crippen LogP contribution in [-0.2, 0) is 0 Å². The highest BCUT2D eigenvalue weighted by atomic mass is 127. The Hall–Kier alpha value is -1.23. The molecule has 0 radical (unpaired) electrons. The number of alkyl halides is 3. The highest BCUT2D eigenvalue weighted by Gasteiger charge is 2.32. The Morgan fingerprint density at radius 1 is 1.32 bits per heavy atom. The second-order valence-corrected chi connectivity index (χ2v) is 5.85. The molecule has 0 amide bonds. The summed E-state index contributed by atoms with van der Waals surface area (Å²) in [6, 6.07) is 6.31. The maximum absolute atomic E-state index is 12.4. The SMILES string of the molecule is CN(CCN=C(N)Nc1ccccc1OC(F)(F)F)C1CCCC1.I. The van der Waals surface area contributed by atoms with Crippen LogP contribution in [-0.4, -0.2) is 43.4 Å². The molecule has 1 aliphatic rings. The normalized spacial score (nSPS) is 16.0. The second kappa shape index (κ2) is 10.0. The summed E-state index contributed by atoms with van der Waals surface area (Å²) >= 11 is 0. The summed E-state index contributed by atoms with van der Waals surface area (Å²) in [6.45, 7) is 1.24. The molecule has 9 heteroatoms. The molecule has 5 nitrogen and oxygen atoms in total. The first-order valence-corrected chi connectivity index (χ1v) is 7.97. The van der Waals surface area contributed by atoms with Crippen molar-refractivity contribution < 1.29 is 17.9 Å². The number of nitrogens with one attached hydrogen (secondary N) is 1. The van der Waals surface area contributed by atoms with E-state index >= 15 is 0 Å². The van der Waals surface area contributed by atoms with E-state index in [1.165, 1.54) is 43.9 Å². The Bertz CT molecular complexity index is 563. The van der Waals surface area contributed by atoms with Crippen LogP contribution in [0.25, 0.3) is 0 Å². The van der Waals surface area contributed by atoms with Gasteiger partial charge in [0.1, 0.15) is 0 Å². The van der Waals surface area contributed by atoms with E-state index in [0.717, 1.165) is 6.54 Å². The van der Waals surface area contributed by atoms with Crippen molar-refractivity contribution in [3.63, 3.8) is 0 Å². The average molecular weight is 472 g/mol. The van der Waals surface area contributed by atoms with Crippen molar-refractivity contribution in [2.45, 2.75) is 38.1 Å². The van der Waals surface area contributed by atoms with E-state index in [2.05, 4.69) is 27.0 Å². The third-order valence-corrected chi connectivity index (χ3v) is 4.06. The van der Waals surface area contributed by atoms with Crippen LogP contribution in [0.5, 0.6) is 5.75 Å². The number of guanidine groups is 1. The summed E-state index contributed by atoms with van der Waals surface area (Å²) in [6.07, 6.45) is 0.176. The zero-order chi connectivity index (χ0) is 17.6. The molecule has 1 aromatic carbocycles. The smallest absolute Gasteiger partial charge is 0.404 e. The summed E-state index contributed by atoms with van der Waals surface area (Å²) in [5.41, 5.74) is 5.89. The van der Waals surface area contributed by atoms with Gasteiger partial charge in [0.05, 0.1) is 12.2 Å². The molecular weight excluding hydrogens is 448 g/mol. The van der Waals surface area contributed by atoms with Crippen molar-refractivity contribution in [1.82, 2.24) is 4.90 Å². The predicted octanol–water partition coefficient (Wildman–Crippen LogP) is 3.80. The number of nitrogens with two attached hydrogens (primary N) is 1. The van der Waals surface area contributed by atoms with Crippen LogP contribution in [0.15, 0.2) is 29.3 Å². The monoisotopic (exact) mass is 472 g/mol. The number of para-hydroxylation sites is 2. The lowest BCUT2D eigenvalue weighted by atomic mass is 10.2. The lowest BCUT2D eigenvalue weighted by molar-refractivity contribution is -0.274. The Kier molecular flexibility index (Phi) is 8.77. The molecule has 0 unspecified atom stereocenters. The molecule has 0 bridgehead atoms. The van der Waals surface area contributed by atoms with Crippen molar-refractivity contribution in [2.75, 3.05) is 25.5 Å². The molecule has 0 heterocycles. The average Bonchev–Trinajstić information content (AvgIpc) is 3.02. The number of ether oxygens (including phenoxy) is 1. The predicted molar refractivity (Wildman–Crippen MR) is 104 cm³/mol. The van der Waals surface area contributed by atoms with Crippen molar-refractivity contribution in [2.24, 2.45) is 10.7 Å².